The van der Waals surface area contributed by atoms with Crippen molar-refractivity contribution in [2.24, 2.45) is 5.92 Å². The van der Waals surface area contributed by atoms with Gasteiger partial charge in [0.1, 0.15) is 4.93 Å². The van der Waals surface area contributed by atoms with E-state index in [0.29, 0.717) is 0 Å². The second-order valence-electron chi connectivity index (χ2n) is 4.25. The summed E-state index contributed by atoms with van der Waals surface area (Å²) in [6.45, 7) is 10.8. The molecule has 1 aliphatic rings. The van der Waals surface area contributed by atoms with Crippen molar-refractivity contribution in [3.8, 4) is 0 Å². The molecule has 104 valence electrons. The zero-order chi connectivity index (χ0) is 13.1. The fourth-order valence-corrected chi connectivity index (χ4v) is 3.75. The number of hydrogen-bond donors (Lipinski definition) is 1. The van der Waals surface area contributed by atoms with E-state index in [4.69, 9.17) is 4.74 Å². The first-order chi connectivity index (χ1) is 8.00. The molecule has 1 saturated heterocycles. The summed E-state index contributed by atoms with van der Waals surface area (Å²) in [5, 5.41) is 10.2. The molecule has 6 heteroatoms. The molecule has 2 N–H and O–H groups in total. The van der Waals surface area contributed by atoms with Gasteiger partial charge in [-0.15, -0.1) is 24.9 Å². The van der Waals surface area contributed by atoms with E-state index >= 15 is 0 Å². The van der Waals surface area contributed by atoms with Crippen molar-refractivity contribution in [2.75, 3.05) is 0 Å². The third kappa shape index (κ3) is 4.70. The molecule has 0 aromatic heterocycles. The van der Waals surface area contributed by atoms with Gasteiger partial charge in [0.05, 0.1) is 6.10 Å². The van der Waals surface area contributed by atoms with Crippen LogP contribution in [0.25, 0.3) is 0 Å². The van der Waals surface area contributed by atoms with Gasteiger partial charge in [-0.05, 0) is 19.4 Å². The van der Waals surface area contributed by atoms with E-state index in [2.05, 4.69) is 13.2 Å². The molecule has 2 unspecified atom stereocenters. The Bertz CT molecular complexity index is 311. The third-order valence-electron chi connectivity index (χ3n) is 3.00. The predicted octanol–water partition coefficient (Wildman–Crippen LogP) is -1.10. The SMILES string of the molecule is C=CC1CC(C=C)[C@@](O[C@@H](C)[C-]=O)([C@H](C)O)S1.[Na+].[OH-]. The standard InChI is InChI=1S/C13H19O3S.Na.H2O/c1-5-11-7-12(6-2)17-13(11,10(4)15)16-9(3)8-14;;/h5-6,9-12,15H,1-2,7H2,3-4H3;;1H2/q-1;+1;/p-1/t9-,10-,11?,12?,13+;;/m0../s1. The summed E-state index contributed by atoms with van der Waals surface area (Å²) in [5.41, 5.74) is 0. The van der Waals surface area contributed by atoms with Gasteiger partial charge < -0.3 is 20.1 Å². The molecule has 0 spiro atoms. The molecule has 1 heterocycles. The molecular formula is C13H20NaO4S-. The van der Waals surface area contributed by atoms with Crippen LogP contribution in [0.2, 0.25) is 0 Å². The Kier molecular flexibility index (Phi) is 10.7. The van der Waals surface area contributed by atoms with Gasteiger partial charge in [-0.2, -0.15) is 0 Å². The third-order valence-corrected chi connectivity index (χ3v) is 4.79. The summed E-state index contributed by atoms with van der Waals surface area (Å²) in [4.78, 5) is 9.79. The molecule has 0 aromatic rings. The maximum absolute atomic E-state index is 10.6. The minimum atomic E-state index is -0.822. The van der Waals surface area contributed by atoms with Crippen molar-refractivity contribution in [3.05, 3.63) is 25.3 Å². The average molecular weight is 295 g/mol. The van der Waals surface area contributed by atoms with Gasteiger partial charge in [0, 0.05) is 11.2 Å². The molecule has 1 rings (SSSR count). The molecule has 5 atom stereocenters. The quantitative estimate of drug-likeness (QED) is 0.382. The van der Waals surface area contributed by atoms with Crippen LogP contribution in [-0.4, -0.2) is 39.3 Å². The topological polar surface area (TPSA) is 76.5 Å². The first-order valence-corrected chi connectivity index (χ1v) is 6.54. The Morgan fingerprint density at radius 2 is 2.05 bits per heavy atom. The number of carbonyl (C=O) groups excluding carboxylic acids is 1. The van der Waals surface area contributed by atoms with Crippen molar-refractivity contribution in [3.63, 3.8) is 0 Å². The van der Waals surface area contributed by atoms with Crippen molar-refractivity contribution < 1.29 is 49.7 Å². The van der Waals surface area contributed by atoms with E-state index in [1.165, 1.54) is 11.8 Å². The molecule has 1 fully saturated rings. The maximum atomic E-state index is 10.6. The van der Waals surface area contributed by atoms with Gasteiger partial charge in [0.25, 0.3) is 0 Å². The van der Waals surface area contributed by atoms with E-state index in [1.54, 1.807) is 26.2 Å². The van der Waals surface area contributed by atoms with Gasteiger partial charge in [0.15, 0.2) is 0 Å². The zero-order valence-electron chi connectivity index (χ0n) is 11.7. The first kappa shape index (κ1) is 21.7. The molecule has 0 aromatic carbocycles. The summed E-state index contributed by atoms with van der Waals surface area (Å²) in [7, 11) is 0. The first-order valence-electron chi connectivity index (χ1n) is 5.66. The monoisotopic (exact) mass is 295 g/mol. The second kappa shape index (κ2) is 9.34. The molecule has 4 nitrogen and oxygen atoms in total. The van der Waals surface area contributed by atoms with Gasteiger partial charge in [-0.25, -0.2) is 6.29 Å². The van der Waals surface area contributed by atoms with Crippen molar-refractivity contribution in [2.45, 2.75) is 42.7 Å². The van der Waals surface area contributed by atoms with Crippen LogP contribution in [-0.2, 0) is 9.53 Å². The number of ether oxygens (including phenoxy) is 1. The van der Waals surface area contributed by atoms with E-state index in [1.807, 2.05) is 6.08 Å². The van der Waals surface area contributed by atoms with E-state index in [9.17, 15) is 9.90 Å². The molecule has 0 saturated carbocycles. The normalized spacial score (nSPS) is 32.4. The van der Waals surface area contributed by atoms with Crippen LogP contribution >= 0.6 is 11.8 Å². The fourth-order valence-electron chi connectivity index (χ4n) is 2.11. The van der Waals surface area contributed by atoms with Crippen molar-refractivity contribution in [1.29, 1.82) is 0 Å². The second-order valence-corrected chi connectivity index (χ2v) is 5.72. The number of aliphatic hydroxyl groups is 1. The summed E-state index contributed by atoms with van der Waals surface area (Å²) >= 11 is 1.50. The molecular weight excluding hydrogens is 275 g/mol. The minimum Gasteiger partial charge on any atom is -0.870 e. The number of aliphatic hydroxyl groups excluding tert-OH is 1. The molecule has 0 bridgehead atoms. The summed E-state index contributed by atoms with van der Waals surface area (Å²) in [6, 6.07) is 0. The van der Waals surface area contributed by atoms with Gasteiger partial charge >= 0.3 is 29.6 Å². The summed E-state index contributed by atoms with van der Waals surface area (Å²) in [5.74, 6) is -0.00806. The van der Waals surface area contributed by atoms with E-state index in [-0.39, 0.29) is 46.2 Å². The van der Waals surface area contributed by atoms with Crippen molar-refractivity contribution >= 4 is 18.0 Å². The Hall–Kier alpha value is 0.380. The molecule has 0 radical (unpaired) electrons. The Labute approximate surface area is 141 Å². The molecule has 1 aliphatic heterocycles. The molecule has 0 amide bonds. The zero-order valence-corrected chi connectivity index (χ0v) is 14.5. The fraction of sp³-hybridized carbons (Fsp3) is 0.615. The van der Waals surface area contributed by atoms with Gasteiger partial charge in [0.2, 0.25) is 0 Å². The van der Waals surface area contributed by atoms with Crippen LogP contribution < -0.4 is 29.6 Å². The maximum Gasteiger partial charge on any atom is 1.00 e. The average Bonchev–Trinajstić information content (AvgIpc) is 2.68. The Morgan fingerprint density at radius 3 is 2.42 bits per heavy atom. The van der Waals surface area contributed by atoms with E-state index in [0.717, 1.165) is 6.42 Å². The van der Waals surface area contributed by atoms with Crippen LogP contribution in [0.15, 0.2) is 25.3 Å². The van der Waals surface area contributed by atoms with Crippen LogP contribution in [0.3, 0.4) is 0 Å². The van der Waals surface area contributed by atoms with E-state index < -0.39 is 17.1 Å². The van der Waals surface area contributed by atoms with Crippen LogP contribution in [0.1, 0.15) is 20.3 Å². The summed E-state index contributed by atoms with van der Waals surface area (Å²) < 4.78 is 5.72. The Morgan fingerprint density at radius 1 is 1.47 bits per heavy atom. The smallest absolute Gasteiger partial charge is 0.870 e. The number of thioether (sulfide) groups is 1. The van der Waals surface area contributed by atoms with Crippen molar-refractivity contribution in [1.82, 2.24) is 0 Å². The van der Waals surface area contributed by atoms with Gasteiger partial charge in [-0.1, -0.05) is 19.1 Å². The predicted molar refractivity (Wildman–Crippen MR) is 72.5 cm³/mol. The van der Waals surface area contributed by atoms with Gasteiger partial charge in [-0.3, -0.25) is 0 Å². The number of hydrogen-bond acceptors (Lipinski definition) is 5. The molecule has 0 aliphatic carbocycles. The van der Waals surface area contributed by atoms with Crippen LogP contribution in [0.4, 0.5) is 0 Å². The van der Waals surface area contributed by atoms with Crippen LogP contribution in [0, 0.1) is 5.92 Å². The summed E-state index contributed by atoms with van der Waals surface area (Å²) in [6.07, 6.45) is 4.86. The molecule has 19 heavy (non-hydrogen) atoms. The Balaban J connectivity index is 0. The van der Waals surface area contributed by atoms with Crippen LogP contribution in [0.5, 0.6) is 0 Å². The largest absolute Gasteiger partial charge is 1.00 e. The minimum absolute atomic E-state index is 0. The number of rotatable bonds is 6.